The molecule has 0 radical (unpaired) electrons. The van der Waals surface area contributed by atoms with Gasteiger partial charge in [0.25, 0.3) is 0 Å². The fraction of sp³-hybridized carbons (Fsp3) is 0.360. The van der Waals surface area contributed by atoms with Crippen LogP contribution in [0.15, 0.2) is 42.7 Å². The van der Waals surface area contributed by atoms with Crippen molar-refractivity contribution in [1.29, 1.82) is 0 Å². The maximum atomic E-state index is 12.0. The molecule has 0 saturated carbocycles. The number of methoxy groups -OCH3 is 1. The van der Waals surface area contributed by atoms with E-state index >= 15 is 0 Å². The minimum atomic E-state index is -0.618. The van der Waals surface area contributed by atoms with Gasteiger partial charge in [-0.1, -0.05) is 6.07 Å². The third-order valence-corrected chi connectivity index (χ3v) is 4.77. The number of hydrogen-bond donors (Lipinski definition) is 1. The maximum absolute atomic E-state index is 12.0. The van der Waals surface area contributed by atoms with E-state index in [0.29, 0.717) is 34.9 Å². The minimum absolute atomic E-state index is 0.104. The molecule has 2 aromatic heterocycles. The van der Waals surface area contributed by atoms with Gasteiger partial charge < -0.3 is 14.2 Å². The number of benzene rings is 1. The lowest BCUT2D eigenvalue weighted by Gasteiger charge is -2.19. The molecule has 0 atom stereocenters. The highest BCUT2D eigenvalue weighted by Gasteiger charge is 2.23. The summed E-state index contributed by atoms with van der Waals surface area (Å²) in [5.41, 5.74) is 1.80. The van der Waals surface area contributed by atoms with Crippen LogP contribution in [-0.4, -0.2) is 45.3 Å². The van der Waals surface area contributed by atoms with E-state index in [4.69, 9.17) is 14.2 Å². The SMILES string of the molecule is COc1c(-c2ncc(C)cn2)cc(CCOCc2cccc(NC(=O)OC(C)(C)C)n2)cc1[N+](=O)[O-]. The summed E-state index contributed by atoms with van der Waals surface area (Å²) < 4.78 is 16.3. The Labute approximate surface area is 209 Å². The molecule has 3 aromatic rings. The smallest absolute Gasteiger partial charge is 0.413 e. The number of carbonyl (C=O) groups excluding carboxylic acids is 1. The largest absolute Gasteiger partial charge is 0.490 e. The summed E-state index contributed by atoms with van der Waals surface area (Å²) in [6.07, 6.45) is 3.09. The van der Waals surface area contributed by atoms with E-state index in [9.17, 15) is 14.9 Å². The van der Waals surface area contributed by atoms with Gasteiger partial charge in [0.15, 0.2) is 5.82 Å². The Kier molecular flexibility index (Phi) is 8.49. The normalized spacial score (nSPS) is 11.1. The van der Waals surface area contributed by atoms with Crippen LogP contribution in [0.1, 0.15) is 37.6 Å². The van der Waals surface area contributed by atoms with Crippen LogP contribution in [-0.2, 0) is 22.5 Å². The highest BCUT2D eigenvalue weighted by Crippen LogP contribution is 2.37. The van der Waals surface area contributed by atoms with Gasteiger partial charge in [-0.25, -0.2) is 19.7 Å². The number of aromatic nitrogens is 3. The fourth-order valence-corrected chi connectivity index (χ4v) is 3.27. The molecule has 1 amide bonds. The predicted molar refractivity (Wildman–Crippen MR) is 133 cm³/mol. The maximum Gasteiger partial charge on any atom is 0.413 e. The molecular weight excluding hydrogens is 466 g/mol. The Bertz CT molecular complexity index is 1220. The third kappa shape index (κ3) is 7.44. The highest BCUT2D eigenvalue weighted by molar-refractivity contribution is 5.83. The van der Waals surface area contributed by atoms with Crippen molar-refractivity contribution < 1.29 is 23.9 Å². The average Bonchev–Trinajstić information content (AvgIpc) is 2.80. The molecule has 0 spiro atoms. The molecule has 0 fully saturated rings. The van der Waals surface area contributed by atoms with E-state index in [0.717, 1.165) is 5.56 Å². The third-order valence-electron chi connectivity index (χ3n) is 4.77. The second-order valence-electron chi connectivity index (χ2n) is 8.98. The van der Waals surface area contributed by atoms with Gasteiger partial charge in [0, 0.05) is 18.5 Å². The number of carbonyl (C=O) groups is 1. The van der Waals surface area contributed by atoms with E-state index < -0.39 is 16.6 Å². The molecule has 36 heavy (non-hydrogen) atoms. The second-order valence-corrected chi connectivity index (χ2v) is 8.98. The Hall–Kier alpha value is -4.12. The quantitative estimate of drug-likeness (QED) is 0.250. The number of pyridine rings is 1. The summed E-state index contributed by atoms with van der Waals surface area (Å²) in [4.78, 5) is 36.1. The van der Waals surface area contributed by atoms with Gasteiger partial charge in [-0.05, 0) is 63.4 Å². The molecule has 0 aliphatic carbocycles. The zero-order valence-electron chi connectivity index (χ0n) is 20.9. The Balaban J connectivity index is 1.67. The molecule has 11 nitrogen and oxygen atoms in total. The molecule has 3 rings (SSSR count). The highest BCUT2D eigenvalue weighted by atomic mass is 16.6. The number of nitro benzene ring substituents is 1. The van der Waals surface area contributed by atoms with Crippen molar-refractivity contribution >= 4 is 17.6 Å². The minimum Gasteiger partial charge on any atom is -0.490 e. The van der Waals surface area contributed by atoms with Crippen LogP contribution in [0.5, 0.6) is 5.75 Å². The summed E-state index contributed by atoms with van der Waals surface area (Å²) >= 11 is 0. The number of aryl methyl sites for hydroxylation is 1. The number of nitrogens with zero attached hydrogens (tertiary/aromatic N) is 4. The Morgan fingerprint density at radius 1 is 1.17 bits per heavy atom. The first-order valence-corrected chi connectivity index (χ1v) is 11.2. The molecule has 11 heteroatoms. The van der Waals surface area contributed by atoms with Crippen LogP contribution in [0.25, 0.3) is 11.4 Å². The molecule has 0 aliphatic heterocycles. The average molecular weight is 496 g/mol. The lowest BCUT2D eigenvalue weighted by molar-refractivity contribution is -0.385. The molecular formula is C25H29N5O6. The van der Waals surface area contributed by atoms with Crippen molar-refractivity contribution in [3.63, 3.8) is 0 Å². The first kappa shape index (κ1) is 26.5. The summed E-state index contributed by atoms with van der Waals surface area (Å²) in [6.45, 7) is 7.66. The van der Waals surface area contributed by atoms with Crippen LogP contribution in [0.3, 0.4) is 0 Å². The monoisotopic (exact) mass is 495 g/mol. The lowest BCUT2D eigenvalue weighted by Crippen LogP contribution is -2.27. The summed E-state index contributed by atoms with van der Waals surface area (Å²) in [6, 6.07) is 8.40. The van der Waals surface area contributed by atoms with E-state index in [1.54, 1.807) is 57.4 Å². The van der Waals surface area contributed by atoms with Crippen molar-refractivity contribution in [2.45, 2.75) is 46.3 Å². The van der Waals surface area contributed by atoms with Crippen LogP contribution >= 0.6 is 0 Å². The summed E-state index contributed by atoms with van der Waals surface area (Å²) in [5.74, 6) is 0.785. The van der Waals surface area contributed by atoms with Gasteiger partial charge in [0.2, 0.25) is 5.75 Å². The molecule has 0 saturated heterocycles. The van der Waals surface area contributed by atoms with Gasteiger partial charge in [-0.2, -0.15) is 0 Å². The van der Waals surface area contributed by atoms with E-state index in [-0.39, 0.29) is 24.7 Å². The van der Waals surface area contributed by atoms with Crippen molar-refractivity contribution in [2.75, 3.05) is 19.0 Å². The molecule has 1 N–H and O–H groups in total. The number of rotatable bonds is 9. The van der Waals surface area contributed by atoms with Crippen molar-refractivity contribution in [1.82, 2.24) is 15.0 Å². The molecule has 0 aliphatic rings. The summed E-state index contributed by atoms with van der Waals surface area (Å²) in [7, 11) is 1.38. The standard InChI is InChI=1S/C25H29N5O6/c1-16-13-26-23(27-14-16)19-11-17(12-20(30(32)33)22(19)34-5)9-10-35-15-18-7-6-8-21(28-18)29-24(31)36-25(2,3)4/h6-8,11-14H,9-10,15H2,1-5H3,(H,28,29,31). The van der Waals surface area contributed by atoms with Crippen LogP contribution in [0.2, 0.25) is 0 Å². The Morgan fingerprint density at radius 3 is 2.53 bits per heavy atom. The first-order valence-electron chi connectivity index (χ1n) is 11.2. The number of nitrogens with one attached hydrogen (secondary N) is 1. The molecule has 190 valence electrons. The van der Waals surface area contributed by atoms with Crippen molar-refractivity contribution in [3.8, 4) is 17.1 Å². The van der Waals surface area contributed by atoms with Crippen LogP contribution in [0.4, 0.5) is 16.3 Å². The van der Waals surface area contributed by atoms with Gasteiger partial charge in [-0.15, -0.1) is 0 Å². The Morgan fingerprint density at radius 2 is 1.89 bits per heavy atom. The predicted octanol–water partition coefficient (Wildman–Crippen LogP) is 4.87. The van der Waals surface area contributed by atoms with Gasteiger partial charge in [0.1, 0.15) is 11.4 Å². The zero-order valence-corrected chi connectivity index (χ0v) is 20.9. The van der Waals surface area contributed by atoms with Gasteiger partial charge in [-0.3, -0.25) is 15.4 Å². The number of ether oxygens (including phenoxy) is 3. The lowest BCUT2D eigenvalue weighted by atomic mass is 10.0. The second kappa shape index (κ2) is 11.5. The van der Waals surface area contributed by atoms with Crippen molar-refractivity contribution in [3.05, 3.63) is 69.7 Å². The molecule has 2 heterocycles. The van der Waals surface area contributed by atoms with Gasteiger partial charge in [0.05, 0.1) is 36.5 Å². The van der Waals surface area contributed by atoms with Crippen LogP contribution < -0.4 is 10.1 Å². The first-order chi connectivity index (χ1) is 17.1. The van der Waals surface area contributed by atoms with E-state index in [2.05, 4.69) is 20.3 Å². The summed E-state index contributed by atoms with van der Waals surface area (Å²) in [5, 5.41) is 14.3. The van der Waals surface area contributed by atoms with Crippen LogP contribution in [0, 0.1) is 17.0 Å². The number of amides is 1. The number of anilines is 1. The fourth-order valence-electron chi connectivity index (χ4n) is 3.27. The van der Waals surface area contributed by atoms with E-state index in [1.165, 1.54) is 13.2 Å². The molecule has 0 bridgehead atoms. The number of nitro groups is 1. The molecule has 0 unspecified atom stereocenters. The van der Waals surface area contributed by atoms with E-state index in [1.807, 2.05) is 6.92 Å². The van der Waals surface area contributed by atoms with Gasteiger partial charge >= 0.3 is 11.8 Å². The number of hydrogen-bond acceptors (Lipinski definition) is 9. The van der Waals surface area contributed by atoms with Crippen molar-refractivity contribution in [2.24, 2.45) is 0 Å². The zero-order chi connectivity index (χ0) is 26.3. The molecule has 1 aromatic carbocycles. The topological polar surface area (TPSA) is 139 Å².